The zero-order chi connectivity index (χ0) is 20.5. The second kappa shape index (κ2) is 7.74. The summed E-state index contributed by atoms with van der Waals surface area (Å²) in [6, 6.07) is -0.123. The van der Waals surface area contributed by atoms with Gasteiger partial charge in [-0.05, 0) is 59.9 Å². The van der Waals surface area contributed by atoms with E-state index in [9.17, 15) is 14.4 Å². The Hall–Kier alpha value is -2.31. The minimum absolute atomic E-state index is 0.00258. The van der Waals surface area contributed by atoms with Crippen molar-refractivity contribution in [1.82, 2.24) is 14.8 Å². The van der Waals surface area contributed by atoms with E-state index < -0.39 is 5.97 Å². The van der Waals surface area contributed by atoms with Crippen LogP contribution in [0.25, 0.3) is 0 Å². The molecule has 0 radical (unpaired) electrons. The highest BCUT2D eigenvalue weighted by molar-refractivity contribution is 6.04. The van der Waals surface area contributed by atoms with Gasteiger partial charge in [-0.15, -0.1) is 0 Å². The average molecular weight is 377 g/mol. The SMILES string of the molecule is CCn1c(C)c(C(=O)CN(C(=O)NC(C)(C)C)C2CC2)c(C)c1C(=O)OC. The number of amides is 2. The Balaban J connectivity index is 2.32. The predicted molar refractivity (Wildman–Crippen MR) is 103 cm³/mol. The lowest BCUT2D eigenvalue weighted by molar-refractivity contribution is 0.0587. The van der Waals surface area contributed by atoms with Crippen molar-refractivity contribution >= 4 is 17.8 Å². The number of esters is 1. The molecule has 0 bridgehead atoms. The number of ketones is 1. The van der Waals surface area contributed by atoms with E-state index in [2.05, 4.69) is 5.32 Å². The maximum atomic E-state index is 13.1. The summed E-state index contributed by atoms with van der Waals surface area (Å²) in [5, 5.41) is 2.94. The highest BCUT2D eigenvalue weighted by Gasteiger charge is 2.36. The standard InChI is InChI=1S/C20H31N3O4/c1-8-22-13(3)16(12(2)17(22)18(25)27-7)15(24)11-23(14-9-10-14)19(26)21-20(4,5)6/h14H,8-11H2,1-7H3,(H,21,26). The van der Waals surface area contributed by atoms with E-state index in [0.29, 0.717) is 23.4 Å². The lowest BCUT2D eigenvalue weighted by atomic mass is 10.0. The van der Waals surface area contributed by atoms with Crippen LogP contribution >= 0.6 is 0 Å². The van der Waals surface area contributed by atoms with Gasteiger partial charge in [-0.2, -0.15) is 0 Å². The molecule has 0 aliphatic heterocycles. The van der Waals surface area contributed by atoms with Crippen molar-refractivity contribution in [3.8, 4) is 0 Å². The Morgan fingerprint density at radius 1 is 1.22 bits per heavy atom. The third-order valence-electron chi connectivity index (χ3n) is 4.79. The predicted octanol–water partition coefficient (Wildman–Crippen LogP) is 3.07. The minimum atomic E-state index is -0.457. The first kappa shape index (κ1) is 21.0. The van der Waals surface area contributed by atoms with Crippen molar-refractivity contribution in [2.24, 2.45) is 0 Å². The molecule has 0 spiro atoms. The van der Waals surface area contributed by atoms with E-state index in [1.807, 2.05) is 34.6 Å². The molecule has 27 heavy (non-hydrogen) atoms. The Labute approximate surface area is 161 Å². The molecule has 0 saturated heterocycles. The van der Waals surface area contributed by atoms with Crippen LogP contribution in [-0.4, -0.2) is 52.5 Å². The van der Waals surface area contributed by atoms with E-state index in [-0.39, 0.29) is 29.9 Å². The summed E-state index contributed by atoms with van der Waals surface area (Å²) in [5.41, 5.74) is 1.87. The molecule has 0 atom stereocenters. The molecule has 150 valence electrons. The Morgan fingerprint density at radius 3 is 2.26 bits per heavy atom. The summed E-state index contributed by atoms with van der Waals surface area (Å²) < 4.78 is 6.68. The topological polar surface area (TPSA) is 80.6 Å². The Kier molecular flexibility index (Phi) is 6.02. The van der Waals surface area contributed by atoms with Gasteiger partial charge in [0.15, 0.2) is 5.78 Å². The van der Waals surface area contributed by atoms with Gasteiger partial charge in [0.05, 0.1) is 13.7 Å². The fourth-order valence-electron chi connectivity index (χ4n) is 3.44. The fraction of sp³-hybridized carbons (Fsp3) is 0.650. The third-order valence-corrected chi connectivity index (χ3v) is 4.79. The van der Waals surface area contributed by atoms with Crippen molar-refractivity contribution in [2.45, 2.75) is 72.5 Å². The number of carbonyl (C=O) groups is 3. The number of rotatable bonds is 6. The fourth-order valence-corrected chi connectivity index (χ4v) is 3.44. The molecule has 0 aromatic carbocycles. The summed E-state index contributed by atoms with van der Waals surface area (Å²) >= 11 is 0. The molecular weight excluding hydrogens is 346 g/mol. The summed E-state index contributed by atoms with van der Waals surface area (Å²) in [4.78, 5) is 39.5. The molecule has 1 aromatic rings. The van der Waals surface area contributed by atoms with Crippen LogP contribution in [0, 0.1) is 13.8 Å². The number of Topliss-reactive ketones (excluding diaryl/α,β-unsaturated/α-hetero) is 1. The lowest BCUT2D eigenvalue weighted by Gasteiger charge is -2.28. The second-order valence-electron chi connectivity index (χ2n) is 8.13. The molecule has 1 aliphatic carbocycles. The monoisotopic (exact) mass is 377 g/mol. The highest BCUT2D eigenvalue weighted by Crippen LogP contribution is 2.29. The molecular formula is C20H31N3O4. The number of ether oxygens (including phenoxy) is 1. The Bertz CT molecular complexity index is 754. The number of hydrogen-bond donors (Lipinski definition) is 1. The van der Waals surface area contributed by atoms with Crippen LogP contribution in [0.4, 0.5) is 4.79 Å². The Morgan fingerprint density at radius 2 is 1.81 bits per heavy atom. The van der Waals surface area contributed by atoms with Crippen molar-refractivity contribution in [3.05, 3.63) is 22.5 Å². The van der Waals surface area contributed by atoms with Crippen LogP contribution in [-0.2, 0) is 11.3 Å². The quantitative estimate of drug-likeness (QED) is 0.610. The normalized spacial score (nSPS) is 14.0. The van der Waals surface area contributed by atoms with Crippen molar-refractivity contribution in [3.63, 3.8) is 0 Å². The molecule has 1 aliphatic rings. The van der Waals surface area contributed by atoms with Crippen LogP contribution in [0.15, 0.2) is 0 Å². The van der Waals surface area contributed by atoms with Crippen molar-refractivity contribution in [2.75, 3.05) is 13.7 Å². The molecule has 1 aromatic heterocycles. The van der Waals surface area contributed by atoms with E-state index in [0.717, 1.165) is 18.5 Å². The van der Waals surface area contributed by atoms with Gasteiger partial charge in [0.25, 0.3) is 0 Å². The summed E-state index contributed by atoms with van der Waals surface area (Å²) in [6.45, 7) is 11.8. The zero-order valence-corrected chi connectivity index (χ0v) is 17.4. The first-order valence-electron chi connectivity index (χ1n) is 9.41. The number of urea groups is 1. The average Bonchev–Trinajstić information content (AvgIpc) is 3.35. The van der Waals surface area contributed by atoms with Crippen LogP contribution in [0.2, 0.25) is 0 Å². The summed E-state index contributed by atoms with van der Waals surface area (Å²) in [7, 11) is 1.33. The van der Waals surface area contributed by atoms with Crippen molar-refractivity contribution in [1.29, 1.82) is 0 Å². The largest absolute Gasteiger partial charge is 0.464 e. The zero-order valence-electron chi connectivity index (χ0n) is 17.4. The number of carbonyl (C=O) groups excluding carboxylic acids is 3. The molecule has 1 N–H and O–H groups in total. The number of nitrogens with zero attached hydrogens (tertiary/aromatic N) is 2. The summed E-state index contributed by atoms with van der Waals surface area (Å²) in [6.07, 6.45) is 1.82. The molecule has 7 nitrogen and oxygen atoms in total. The van der Waals surface area contributed by atoms with Crippen LogP contribution < -0.4 is 5.32 Å². The maximum absolute atomic E-state index is 13.1. The maximum Gasteiger partial charge on any atom is 0.354 e. The molecule has 1 heterocycles. The number of methoxy groups -OCH3 is 1. The highest BCUT2D eigenvalue weighted by atomic mass is 16.5. The van der Waals surface area contributed by atoms with E-state index in [1.165, 1.54) is 7.11 Å². The van der Waals surface area contributed by atoms with Gasteiger partial charge in [0.1, 0.15) is 5.69 Å². The molecule has 1 fully saturated rings. The first-order chi connectivity index (χ1) is 12.5. The second-order valence-corrected chi connectivity index (χ2v) is 8.13. The molecule has 7 heteroatoms. The van der Waals surface area contributed by atoms with Crippen LogP contribution in [0.3, 0.4) is 0 Å². The first-order valence-corrected chi connectivity index (χ1v) is 9.41. The lowest BCUT2D eigenvalue weighted by Crippen LogP contribution is -2.50. The van der Waals surface area contributed by atoms with Gasteiger partial charge in [-0.3, -0.25) is 4.79 Å². The van der Waals surface area contributed by atoms with Crippen molar-refractivity contribution < 1.29 is 19.1 Å². The number of hydrogen-bond acceptors (Lipinski definition) is 4. The third kappa shape index (κ3) is 4.51. The van der Waals surface area contributed by atoms with Gasteiger partial charge in [0, 0.05) is 29.4 Å². The molecule has 1 saturated carbocycles. The van der Waals surface area contributed by atoms with Gasteiger partial charge < -0.3 is 19.5 Å². The van der Waals surface area contributed by atoms with Crippen LogP contribution in [0.1, 0.15) is 72.6 Å². The van der Waals surface area contributed by atoms with Gasteiger partial charge in [-0.1, -0.05) is 0 Å². The van der Waals surface area contributed by atoms with Gasteiger partial charge in [-0.25, -0.2) is 9.59 Å². The van der Waals surface area contributed by atoms with Gasteiger partial charge in [0.2, 0.25) is 0 Å². The minimum Gasteiger partial charge on any atom is -0.464 e. The summed E-state index contributed by atoms with van der Waals surface area (Å²) in [5.74, 6) is -0.612. The smallest absolute Gasteiger partial charge is 0.354 e. The van der Waals surface area contributed by atoms with E-state index in [1.54, 1.807) is 16.4 Å². The molecule has 0 unspecified atom stereocenters. The van der Waals surface area contributed by atoms with Gasteiger partial charge >= 0.3 is 12.0 Å². The molecule has 2 amide bonds. The number of nitrogens with one attached hydrogen (secondary N) is 1. The molecule has 2 rings (SSSR count). The van der Waals surface area contributed by atoms with Crippen LogP contribution in [0.5, 0.6) is 0 Å². The van der Waals surface area contributed by atoms with E-state index >= 15 is 0 Å². The van der Waals surface area contributed by atoms with E-state index in [4.69, 9.17) is 4.74 Å². The number of aromatic nitrogens is 1.